The van der Waals surface area contributed by atoms with Crippen LogP contribution < -0.4 is 0 Å². The Balaban J connectivity index is 3.93. The standard InChI is InChI=1S/C20H41NO7/c1-4-5-6-7-20(22)21(8-10-25-16-18-27-14-12-23-2)9-11-26-17-19-28-15-13-24-3/h4-19H2,1-3H3. The van der Waals surface area contributed by atoms with Crippen molar-refractivity contribution in [1.29, 1.82) is 0 Å². The van der Waals surface area contributed by atoms with Gasteiger partial charge in [0.2, 0.25) is 5.91 Å². The number of unbranched alkanes of at least 4 members (excludes halogenated alkanes) is 2. The molecule has 0 spiro atoms. The lowest BCUT2D eigenvalue weighted by Gasteiger charge is -2.23. The zero-order valence-corrected chi connectivity index (χ0v) is 18.1. The summed E-state index contributed by atoms with van der Waals surface area (Å²) in [5, 5.41) is 0. The van der Waals surface area contributed by atoms with E-state index in [1.807, 2.05) is 4.90 Å². The molecule has 0 aliphatic rings. The Labute approximate surface area is 170 Å². The van der Waals surface area contributed by atoms with Gasteiger partial charge in [-0.15, -0.1) is 0 Å². The number of hydrogen-bond donors (Lipinski definition) is 0. The van der Waals surface area contributed by atoms with Crippen molar-refractivity contribution in [2.45, 2.75) is 32.6 Å². The molecule has 0 unspecified atom stereocenters. The molecule has 0 atom stereocenters. The summed E-state index contributed by atoms with van der Waals surface area (Å²) in [5.74, 6) is 0.160. The van der Waals surface area contributed by atoms with E-state index in [0.29, 0.717) is 85.6 Å². The van der Waals surface area contributed by atoms with Crippen LogP contribution in [0.5, 0.6) is 0 Å². The van der Waals surface area contributed by atoms with Gasteiger partial charge in [0.15, 0.2) is 0 Å². The minimum absolute atomic E-state index is 0.160. The lowest BCUT2D eigenvalue weighted by Crippen LogP contribution is -2.37. The molecule has 0 heterocycles. The van der Waals surface area contributed by atoms with Crippen LogP contribution in [0.4, 0.5) is 0 Å². The van der Waals surface area contributed by atoms with Gasteiger partial charge in [-0.1, -0.05) is 19.8 Å². The highest BCUT2D eigenvalue weighted by Crippen LogP contribution is 2.03. The summed E-state index contributed by atoms with van der Waals surface area (Å²) in [6.07, 6.45) is 3.68. The topological polar surface area (TPSA) is 75.7 Å². The summed E-state index contributed by atoms with van der Waals surface area (Å²) in [5.41, 5.74) is 0. The molecule has 0 N–H and O–H groups in total. The van der Waals surface area contributed by atoms with Crippen LogP contribution >= 0.6 is 0 Å². The summed E-state index contributed by atoms with van der Waals surface area (Å²) in [6.45, 7) is 8.62. The number of carbonyl (C=O) groups excluding carboxylic acids is 1. The van der Waals surface area contributed by atoms with Gasteiger partial charge in [-0.25, -0.2) is 0 Å². The summed E-state index contributed by atoms with van der Waals surface area (Å²) in [7, 11) is 3.29. The lowest BCUT2D eigenvalue weighted by atomic mass is 10.2. The van der Waals surface area contributed by atoms with Crippen molar-refractivity contribution in [1.82, 2.24) is 4.90 Å². The van der Waals surface area contributed by atoms with Crippen molar-refractivity contribution in [2.24, 2.45) is 0 Å². The van der Waals surface area contributed by atoms with Crippen molar-refractivity contribution >= 4 is 5.91 Å². The van der Waals surface area contributed by atoms with Crippen LogP contribution in [0.2, 0.25) is 0 Å². The first kappa shape index (κ1) is 27.2. The monoisotopic (exact) mass is 407 g/mol. The van der Waals surface area contributed by atoms with Crippen LogP contribution in [-0.4, -0.2) is 104 Å². The first-order chi connectivity index (χ1) is 13.8. The highest BCUT2D eigenvalue weighted by atomic mass is 16.5. The van der Waals surface area contributed by atoms with Crippen LogP contribution in [0.15, 0.2) is 0 Å². The first-order valence-electron chi connectivity index (χ1n) is 10.3. The molecule has 1 amide bonds. The zero-order valence-electron chi connectivity index (χ0n) is 18.1. The molecule has 0 aliphatic carbocycles. The Hall–Kier alpha value is -0.770. The normalized spacial score (nSPS) is 11.1. The second-order valence-electron chi connectivity index (χ2n) is 6.27. The third-order valence-electron chi connectivity index (χ3n) is 3.97. The summed E-state index contributed by atoms with van der Waals surface area (Å²) >= 11 is 0. The predicted molar refractivity (Wildman–Crippen MR) is 108 cm³/mol. The van der Waals surface area contributed by atoms with E-state index in [0.717, 1.165) is 19.3 Å². The molecule has 28 heavy (non-hydrogen) atoms. The Morgan fingerprint density at radius 1 is 0.643 bits per heavy atom. The fourth-order valence-corrected chi connectivity index (χ4v) is 2.32. The molecule has 0 aromatic carbocycles. The smallest absolute Gasteiger partial charge is 0.222 e. The summed E-state index contributed by atoms with van der Waals surface area (Å²) in [6, 6.07) is 0. The SMILES string of the molecule is CCCCCC(=O)N(CCOCCOCCOC)CCOCCOCCOC. The third-order valence-corrected chi connectivity index (χ3v) is 3.97. The lowest BCUT2D eigenvalue weighted by molar-refractivity contribution is -0.133. The van der Waals surface area contributed by atoms with Crippen LogP contribution in [-0.2, 0) is 33.2 Å². The van der Waals surface area contributed by atoms with E-state index in [9.17, 15) is 4.79 Å². The Morgan fingerprint density at radius 2 is 1.07 bits per heavy atom. The first-order valence-corrected chi connectivity index (χ1v) is 10.3. The average Bonchev–Trinajstić information content (AvgIpc) is 2.70. The van der Waals surface area contributed by atoms with E-state index in [4.69, 9.17) is 28.4 Å². The Bertz CT molecular complexity index is 312. The molecular formula is C20H41NO7. The molecule has 0 bridgehead atoms. The molecule has 0 saturated heterocycles. The largest absolute Gasteiger partial charge is 0.382 e. The minimum atomic E-state index is 0.160. The van der Waals surface area contributed by atoms with Crippen LogP contribution in [0.3, 0.4) is 0 Å². The number of hydrogen-bond acceptors (Lipinski definition) is 7. The molecular weight excluding hydrogens is 366 g/mol. The van der Waals surface area contributed by atoms with E-state index in [1.165, 1.54) is 0 Å². The number of carbonyl (C=O) groups is 1. The quantitative estimate of drug-likeness (QED) is 0.253. The maximum Gasteiger partial charge on any atom is 0.222 e. The number of methoxy groups -OCH3 is 2. The molecule has 8 heteroatoms. The number of rotatable bonds is 22. The van der Waals surface area contributed by atoms with Gasteiger partial charge >= 0.3 is 0 Å². The van der Waals surface area contributed by atoms with Gasteiger partial charge in [0.25, 0.3) is 0 Å². The molecule has 8 nitrogen and oxygen atoms in total. The van der Waals surface area contributed by atoms with E-state index in [1.54, 1.807) is 14.2 Å². The maximum absolute atomic E-state index is 12.4. The highest BCUT2D eigenvalue weighted by Gasteiger charge is 2.12. The van der Waals surface area contributed by atoms with Gasteiger partial charge < -0.3 is 33.3 Å². The molecule has 0 radical (unpaired) electrons. The maximum atomic E-state index is 12.4. The van der Waals surface area contributed by atoms with E-state index in [2.05, 4.69) is 6.92 Å². The van der Waals surface area contributed by atoms with Crippen LogP contribution in [0.1, 0.15) is 32.6 Å². The van der Waals surface area contributed by atoms with E-state index >= 15 is 0 Å². The third kappa shape index (κ3) is 18.6. The molecule has 0 saturated carbocycles. The summed E-state index contributed by atoms with van der Waals surface area (Å²) in [4.78, 5) is 14.3. The zero-order chi connectivity index (χ0) is 20.7. The number of amides is 1. The van der Waals surface area contributed by atoms with E-state index in [-0.39, 0.29) is 5.91 Å². The van der Waals surface area contributed by atoms with Gasteiger partial charge in [-0.3, -0.25) is 4.79 Å². The van der Waals surface area contributed by atoms with Gasteiger partial charge in [-0.05, 0) is 6.42 Å². The molecule has 168 valence electrons. The second-order valence-corrected chi connectivity index (χ2v) is 6.27. The number of nitrogens with zero attached hydrogens (tertiary/aromatic N) is 1. The molecule has 0 aromatic rings. The Kier molecular flexibility index (Phi) is 21.9. The predicted octanol–water partition coefficient (Wildman–Crippen LogP) is 1.75. The molecule has 0 aromatic heterocycles. The molecule has 0 rings (SSSR count). The van der Waals surface area contributed by atoms with Gasteiger partial charge in [-0.2, -0.15) is 0 Å². The van der Waals surface area contributed by atoms with Crippen molar-refractivity contribution in [3.8, 4) is 0 Å². The summed E-state index contributed by atoms with van der Waals surface area (Å²) < 4.78 is 31.7. The fourth-order valence-electron chi connectivity index (χ4n) is 2.32. The number of ether oxygens (including phenoxy) is 6. The van der Waals surface area contributed by atoms with Crippen molar-refractivity contribution < 1.29 is 33.2 Å². The van der Waals surface area contributed by atoms with Gasteiger partial charge in [0, 0.05) is 33.7 Å². The minimum Gasteiger partial charge on any atom is -0.382 e. The average molecular weight is 408 g/mol. The van der Waals surface area contributed by atoms with Gasteiger partial charge in [0.1, 0.15) is 0 Å². The van der Waals surface area contributed by atoms with Crippen molar-refractivity contribution in [2.75, 3.05) is 93.4 Å². The highest BCUT2D eigenvalue weighted by molar-refractivity contribution is 5.76. The van der Waals surface area contributed by atoms with Crippen LogP contribution in [0, 0.1) is 0 Å². The second kappa shape index (κ2) is 22.5. The van der Waals surface area contributed by atoms with Crippen molar-refractivity contribution in [3.05, 3.63) is 0 Å². The van der Waals surface area contributed by atoms with E-state index < -0.39 is 0 Å². The van der Waals surface area contributed by atoms with Crippen LogP contribution in [0.25, 0.3) is 0 Å². The fraction of sp³-hybridized carbons (Fsp3) is 0.950. The van der Waals surface area contributed by atoms with Crippen molar-refractivity contribution in [3.63, 3.8) is 0 Å². The Morgan fingerprint density at radius 3 is 1.50 bits per heavy atom. The molecule has 0 aliphatic heterocycles. The molecule has 0 fully saturated rings. The van der Waals surface area contributed by atoms with Gasteiger partial charge in [0.05, 0.1) is 66.1 Å².